The minimum atomic E-state index is -1.04. The lowest BCUT2D eigenvalue weighted by Gasteiger charge is -2.63. The highest BCUT2D eigenvalue weighted by atomic mass is 16.5. The minimum Gasteiger partial charge on any atom is -0.478 e. The van der Waals surface area contributed by atoms with Gasteiger partial charge in [-0.05, 0) is 85.1 Å². The standard InChI is InChI=1S/C40H49N3O5/c1-27-34-24-29(40(34,2)3)25-35(27)43(38(45)17-14-28-10-6-4-7-11-28)23-20-37(44)41-30-18-21-42(22-19-30)31-15-16-33(39(46)47)36(26-31)48-32-12-8-5-9-13-32/h4-13,15-16,26-27,29-30,34-35H,14,17-25H2,1-3H3,(H,41,44)(H,46,47)/t27-,29+,34-,35-/m0/s1. The summed E-state index contributed by atoms with van der Waals surface area (Å²) in [5.41, 5.74) is 2.49. The van der Waals surface area contributed by atoms with Gasteiger partial charge in [-0.2, -0.15) is 0 Å². The third-order valence-electron chi connectivity index (χ3n) is 11.5. The van der Waals surface area contributed by atoms with Crippen molar-refractivity contribution in [2.24, 2.45) is 23.2 Å². The maximum absolute atomic E-state index is 13.7. The summed E-state index contributed by atoms with van der Waals surface area (Å²) in [7, 11) is 0. The maximum atomic E-state index is 13.7. The molecular weight excluding hydrogens is 602 g/mol. The predicted molar refractivity (Wildman–Crippen MR) is 187 cm³/mol. The van der Waals surface area contributed by atoms with Crippen LogP contribution >= 0.6 is 0 Å². The molecule has 1 heterocycles. The molecule has 7 rings (SSSR count). The molecule has 4 atom stereocenters. The number of benzene rings is 3. The lowest BCUT2D eigenvalue weighted by molar-refractivity contribution is -0.158. The monoisotopic (exact) mass is 651 g/mol. The highest BCUT2D eigenvalue weighted by molar-refractivity contribution is 5.91. The van der Waals surface area contributed by atoms with Crippen molar-refractivity contribution < 1.29 is 24.2 Å². The van der Waals surface area contributed by atoms with E-state index in [1.807, 2.05) is 42.5 Å². The Kier molecular flexibility index (Phi) is 10.1. The van der Waals surface area contributed by atoms with E-state index in [9.17, 15) is 19.5 Å². The number of rotatable bonds is 12. The van der Waals surface area contributed by atoms with Gasteiger partial charge in [0.2, 0.25) is 11.8 Å². The summed E-state index contributed by atoms with van der Waals surface area (Å²) >= 11 is 0. The minimum absolute atomic E-state index is 0.00683. The van der Waals surface area contributed by atoms with E-state index in [0.717, 1.165) is 43.6 Å². The molecule has 4 fully saturated rings. The second-order valence-corrected chi connectivity index (χ2v) is 14.6. The van der Waals surface area contributed by atoms with E-state index in [1.54, 1.807) is 24.3 Å². The Labute approximate surface area is 284 Å². The number of fused-ring (bicyclic) bond motifs is 2. The van der Waals surface area contributed by atoms with Crippen molar-refractivity contribution in [1.29, 1.82) is 0 Å². The number of ether oxygens (including phenoxy) is 1. The van der Waals surface area contributed by atoms with Crippen molar-refractivity contribution in [3.63, 3.8) is 0 Å². The summed E-state index contributed by atoms with van der Waals surface area (Å²) in [6.45, 7) is 8.97. The number of nitrogens with zero attached hydrogens (tertiary/aromatic N) is 2. The highest BCUT2D eigenvalue weighted by Crippen LogP contribution is 2.62. The number of carbonyl (C=O) groups is 3. The van der Waals surface area contributed by atoms with E-state index in [-0.39, 0.29) is 29.5 Å². The first-order valence-electron chi connectivity index (χ1n) is 17.6. The topological polar surface area (TPSA) is 99.2 Å². The van der Waals surface area contributed by atoms with Crippen LogP contribution in [0.2, 0.25) is 0 Å². The normalized spacial score (nSPS) is 23.1. The van der Waals surface area contributed by atoms with Crippen LogP contribution in [0.15, 0.2) is 78.9 Å². The third kappa shape index (κ3) is 7.38. The van der Waals surface area contributed by atoms with Crippen molar-refractivity contribution in [2.45, 2.75) is 77.8 Å². The molecule has 8 heteroatoms. The van der Waals surface area contributed by atoms with Crippen LogP contribution in [0.4, 0.5) is 5.69 Å². The molecule has 254 valence electrons. The number of carboxylic acids is 1. The number of aromatic carboxylic acids is 1. The van der Waals surface area contributed by atoms with Gasteiger partial charge in [-0.3, -0.25) is 9.59 Å². The van der Waals surface area contributed by atoms with E-state index in [0.29, 0.717) is 60.5 Å². The Morgan fingerprint density at radius 1 is 0.938 bits per heavy atom. The van der Waals surface area contributed by atoms with Crippen LogP contribution in [-0.2, 0) is 16.0 Å². The number of para-hydroxylation sites is 1. The largest absolute Gasteiger partial charge is 0.478 e. The second-order valence-electron chi connectivity index (χ2n) is 14.6. The number of amides is 2. The molecule has 3 saturated carbocycles. The van der Waals surface area contributed by atoms with Gasteiger partial charge in [0.15, 0.2) is 0 Å². The Bertz CT molecular complexity index is 1580. The fourth-order valence-electron chi connectivity index (χ4n) is 8.44. The molecule has 1 saturated heterocycles. The van der Waals surface area contributed by atoms with Gasteiger partial charge in [0.05, 0.1) is 0 Å². The maximum Gasteiger partial charge on any atom is 0.339 e. The summed E-state index contributed by atoms with van der Waals surface area (Å²) in [5, 5.41) is 13.0. The summed E-state index contributed by atoms with van der Waals surface area (Å²) in [4.78, 5) is 43.2. The molecule has 0 unspecified atom stereocenters. The van der Waals surface area contributed by atoms with Gasteiger partial charge in [0.25, 0.3) is 0 Å². The Morgan fingerprint density at radius 3 is 2.27 bits per heavy atom. The Morgan fingerprint density at radius 2 is 1.62 bits per heavy atom. The van der Waals surface area contributed by atoms with Gasteiger partial charge in [0, 0.05) is 56.3 Å². The number of carboxylic acid groups (broad SMARTS) is 1. The first kappa shape index (κ1) is 33.6. The SMILES string of the molecule is C[C@@H]1[C@@H](N(CCC(=O)NC2CCN(c3ccc(C(=O)O)c(Oc4ccccc4)c3)CC2)C(=O)CCc2ccccc2)C[C@H]2C[C@@H]1C2(C)C. The number of aryl methyl sites for hydroxylation is 1. The first-order valence-corrected chi connectivity index (χ1v) is 17.6. The van der Waals surface area contributed by atoms with Crippen LogP contribution in [-0.4, -0.2) is 59.5 Å². The van der Waals surface area contributed by atoms with Crippen molar-refractivity contribution in [1.82, 2.24) is 10.2 Å². The average Bonchev–Trinajstić information content (AvgIpc) is 3.09. The van der Waals surface area contributed by atoms with Crippen molar-refractivity contribution >= 4 is 23.5 Å². The van der Waals surface area contributed by atoms with Crippen LogP contribution in [0.3, 0.4) is 0 Å². The Balaban J connectivity index is 1.04. The van der Waals surface area contributed by atoms with E-state index in [1.165, 1.54) is 6.42 Å². The molecule has 4 aliphatic rings. The van der Waals surface area contributed by atoms with Crippen molar-refractivity contribution in [2.75, 3.05) is 24.5 Å². The van der Waals surface area contributed by atoms with Gasteiger partial charge in [-0.1, -0.05) is 69.3 Å². The zero-order valence-electron chi connectivity index (χ0n) is 28.4. The van der Waals surface area contributed by atoms with Crippen LogP contribution < -0.4 is 15.0 Å². The molecule has 0 radical (unpaired) electrons. The van der Waals surface area contributed by atoms with E-state index < -0.39 is 5.97 Å². The molecule has 1 aliphatic heterocycles. The van der Waals surface area contributed by atoms with Crippen LogP contribution in [0.1, 0.15) is 75.2 Å². The highest BCUT2D eigenvalue weighted by Gasteiger charge is 2.57. The molecule has 3 aromatic carbocycles. The molecule has 2 bridgehead atoms. The average molecular weight is 652 g/mol. The smallest absolute Gasteiger partial charge is 0.339 e. The lowest BCUT2D eigenvalue weighted by Crippen LogP contribution is -2.61. The summed E-state index contributed by atoms with van der Waals surface area (Å²) in [6.07, 6.45) is 5.29. The molecule has 2 N–H and O–H groups in total. The molecule has 3 aromatic rings. The third-order valence-corrected chi connectivity index (χ3v) is 11.5. The Hall–Kier alpha value is -4.33. The molecule has 0 spiro atoms. The first-order chi connectivity index (χ1) is 23.1. The zero-order chi connectivity index (χ0) is 33.8. The molecule has 0 aromatic heterocycles. The second kappa shape index (κ2) is 14.4. The molecule has 3 aliphatic carbocycles. The van der Waals surface area contributed by atoms with Crippen LogP contribution in [0.25, 0.3) is 0 Å². The summed E-state index contributed by atoms with van der Waals surface area (Å²) in [5.74, 6) is 1.66. The lowest BCUT2D eigenvalue weighted by atomic mass is 9.44. The van der Waals surface area contributed by atoms with Gasteiger partial charge >= 0.3 is 5.97 Å². The summed E-state index contributed by atoms with van der Waals surface area (Å²) < 4.78 is 5.95. The van der Waals surface area contributed by atoms with Crippen molar-refractivity contribution in [3.8, 4) is 11.5 Å². The van der Waals surface area contributed by atoms with E-state index in [4.69, 9.17) is 4.74 Å². The zero-order valence-corrected chi connectivity index (χ0v) is 28.4. The molecule has 8 nitrogen and oxygen atoms in total. The van der Waals surface area contributed by atoms with Gasteiger partial charge < -0.3 is 25.0 Å². The number of anilines is 1. The van der Waals surface area contributed by atoms with E-state index in [2.05, 4.69) is 48.0 Å². The fourth-order valence-corrected chi connectivity index (χ4v) is 8.44. The fraction of sp³-hybridized carbons (Fsp3) is 0.475. The number of piperidine rings is 1. The quantitative estimate of drug-likeness (QED) is 0.215. The molecule has 2 amide bonds. The number of carbonyl (C=O) groups excluding carboxylic acids is 2. The van der Waals surface area contributed by atoms with Gasteiger partial charge in [0.1, 0.15) is 17.1 Å². The number of hydrogen-bond donors (Lipinski definition) is 2. The van der Waals surface area contributed by atoms with Crippen molar-refractivity contribution in [3.05, 3.63) is 90.0 Å². The van der Waals surface area contributed by atoms with Gasteiger partial charge in [-0.15, -0.1) is 0 Å². The van der Waals surface area contributed by atoms with E-state index >= 15 is 0 Å². The number of nitrogens with one attached hydrogen (secondary N) is 1. The molecular formula is C40H49N3O5. The summed E-state index contributed by atoms with van der Waals surface area (Å²) in [6, 6.07) is 24.8. The van der Waals surface area contributed by atoms with Crippen LogP contribution in [0.5, 0.6) is 11.5 Å². The van der Waals surface area contributed by atoms with Gasteiger partial charge in [-0.25, -0.2) is 4.79 Å². The number of hydrogen-bond acceptors (Lipinski definition) is 5. The molecule has 48 heavy (non-hydrogen) atoms. The van der Waals surface area contributed by atoms with Crippen LogP contribution in [0, 0.1) is 23.2 Å². The predicted octanol–water partition coefficient (Wildman–Crippen LogP) is 7.18.